The Morgan fingerprint density at radius 2 is 1.96 bits per heavy atom. The second kappa shape index (κ2) is 8.20. The van der Waals surface area contributed by atoms with Crippen molar-refractivity contribution in [3.05, 3.63) is 42.3 Å². The molecule has 6 nitrogen and oxygen atoms in total. The molecule has 0 saturated carbocycles. The number of nitrogens with zero attached hydrogens (tertiary/aromatic N) is 2. The average Bonchev–Trinajstić information content (AvgIpc) is 3.11. The van der Waals surface area contributed by atoms with Gasteiger partial charge in [-0.1, -0.05) is 18.2 Å². The van der Waals surface area contributed by atoms with Crippen LogP contribution in [0.3, 0.4) is 0 Å². The van der Waals surface area contributed by atoms with E-state index in [1.165, 1.54) is 11.8 Å². The van der Waals surface area contributed by atoms with Gasteiger partial charge in [0.15, 0.2) is 0 Å². The fourth-order valence-electron chi connectivity index (χ4n) is 2.83. The van der Waals surface area contributed by atoms with E-state index in [1.54, 1.807) is 6.26 Å². The van der Waals surface area contributed by atoms with Gasteiger partial charge in [0, 0.05) is 30.3 Å². The summed E-state index contributed by atoms with van der Waals surface area (Å²) < 4.78 is 5.50. The summed E-state index contributed by atoms with van der Waals surface area (Å²) in [5, 5.41) is 0. The van der Waals surface area contributed by atoms with Crippen LogP contribution in [0, 0.1) is 5.92 Å². The molecule has 1 aromatic heterocycles. The van der Waals surface area contributed by atoms with Crippen molar-refractivity contribution < 1.29 is 14.0 Å². The first-order valence-corrected chi connectivity index (χ1v) is 9.43. The van der Waals surface area contributed by atoms with Gasteiger partial charge in [0.2, 0.25) is 17.7 Å². The Labute approximate surface area is 150 Å². The minimum absolute atomic E-state index is 0.0942. The van der Waals surface area contributed by atoms with Crippen LogP contribution in [-0.2, 0) is 15.3 Å². The van der Waals surface area contributed by atoms with Gasteiger partial charge in [-0.05, 0) is 25.0 Å². The Morgan fingerprint density at radius 3 is 2.64 bits per heavy atom. The van der Waals surface area contributed by atoms with Crippen molar-refractivity contribution in [2.24, 2.45) is 11.7 Å². The van der Waals surface area contributed by atoms with Crippen LogP contribution in [0.15, 0.2) is 41.0 Å². The van der Waals surface area contributed by atoms with Crippen molar-refractivity contribution in [2.45, 2.75) is 18.6 Å². The van der Waals surface area contributed by atoms with E-state index in [0.717, 1.165) is 11.3 Å². The monoisotopic (exact) mass is 359 g/mol. The first kappa shape index (κ1) is 17.5. The number of oxazole rings is 1. The Morgan fingerprint density at radius 1 is 1.24 bits per heavy atom. The summed E-state index contributed by atoms with van der Waals surface area (Å²) in [6.07, 6.45) is 2.96. The standard InChI is InChI=1S/C18H21N3O3S/c19-17(23)13-6-8-21(9-7-13)16(22)12-25-11-15-10-24-18(20-15)14-4-2-1-3-5-14/h1-5,10,13H,6-9,11-12H2,(H2,19,23). The predicted octanol–water partition coefficient (Wildman–Crippen LogP) is 2.30. The molecule has 2 aromatic rings. The zero-order valence-electron chi connectivity index (χ0n) is 13.9. The van der Waals surface area contributed by atoms with E-state index in [-0.39, 0.29) is 17.7 Å². The van der Waals surface area contributed by atoms with Crippen LogP contribution in [-0.4, -0.2) is 40.5 Å². The normalized spacial score (nSPS) is 15.3. The number of hydrogen-bond donors (Lipinski definition) is 1. The lowest BCUT2D eigenvalue weighted by Crippen LogP contribution is -2.42. The second-order valence-corrected chi connectivity index (χ2v) is 7.05. The number of hydrogen-bond acceptors (Lipinski definition) is 5. The molecule has 0 atom stereocenters. The first-order chi connectivity index (χ1) is 12.1. The van der Waals surface area contributed by atoms with Crippen LogP contribution in [0.4, 0.5) is 0 Å². The molecule has 1 fully saturated rings. The molecule has 132 valence electrons. The maximum absolute atomic E-state index is 12.2. The Balaban J connectivity index is 1.43. The largest absolute Gasteiger partial charge is 0.444 e. The molecule has 0 unspecified atom stereocenters. The van der Waals surface area contributed by atoms with Crippen LogP contribution in [0.2, 0.25) is 0 Å². The van der Waals surface area contributed by atoms with Crippen molar-refractivity contribution in [3.63, 3.8) is 0 Å². The molecule has 0 bridgehead atoms. The molecule has 1 saturated heterocycles. The number of likely N-dealkylation sites (tertiary alicyclic amines) is 1. The quantitative estimate of drug-likeness (QED) is 0.855. The number of piperidine rings is 1. The number of amides is 2. The lowest BCUT2D eigenvalue weighted by Gasteiger charge is -2.30. The lowest BCUT2D eigenvalue weighted by molar-refractivity contribution is -0.132. The smallest absolute Gasteiger partial charge is 0.232 e. The topological polar surface area (TPSA) is 89.4 Å². The number of rotatable bonds is 6. The number of aromatic nitrogens is 1. The van der Waals surface area contributed by atoms with Gasteiger partial charge in [-0.3, -0.25) is 9.59 Å². The van der Waals surface area contributed by atoms with E-state index < -0.39 is 0 Å². The third kappa shape index (κ3) is 4.63. The molecule has 1 aliphatic heterocycles. The summed E-state index contributed by atoms with van der Waals surface area (Å²) in [6, 6.07) is 9.72. The number of nitrogens with two attached hydrogens (primary N) is 1. The highest BCUT2D eigenvalue weighted by Gasteiger charge is 2.25. The summed E-state index contributed by atoms with van der Waals surface area (Å²) in [7, 11) is 0. The highest BCUT2D eigenvalue weighted by Crippen LogP contribution is 2.21. The highest BCUT2D eigenvalue weighted by atomic mass is 32.2. The van der Waals surface area contributed by atoms with Crippen LogP contribution in [0.25, 0.3) is 11.5 Å². The number of carbonyl (C=O) groups is 2. The molecular formula is C18H21N3O3S. The Bertz CT molecular complexity index is 724. The SMILES string of the molecule is NC(=O)C1CCN(C(=O)CSCc2coc(-c3ccccc3)n2)CC1. The number of primary amides is 1. The molecule has 7 heteroatoms. The Kier molecular flexibility index (Phi) is 5.75. The minimum Gasteiger partial charge on any atom is -0.444 e. The van der Waals surface area contributed by atoms with E-state index in [4.69, 9.17) is 10.2 Å². The van der Waals surface area contributed by atoms with Gasteiger partial charge in [-0.15, -0.1) is 11.8 Å². The molecule has 2 amide bonds. The molecule has 25 heavy (non-hydrogen) atoms. The van der Waals surface area contributed by atoms with Gasteiger partial charge in [-0.2, -0.15) is 0 Å². The van der Waals surface area contributed by atoms with E-state index in [9.17, 15) is 9.59 Å². The number of benzene rings is 1. The molecule has 3 rings (SSSR count). The number of carbonyl (C=O) groups excluding carboxylic acids is 2. The van der Waals surface area contributed by atoms with Gasteiger partial charge in [0.05, 0.1) is 11.4 Å². The first-order valence-electron chi connectivity index (χ1n) is 8.28. The maximum atomic E-state index is 12.2. The Hall–Kier alpha value is -2.28. The van der Waals surface area contributed by atoms with Gasteiger partial charge in [0.25, 0.3) is 0 Å². The third-order valence-corrected chi connectivity index (χ3v) is 5.25. The molecule has 1 aliphatic rings. The van der Waals surface area contributed by atoms with Crippen LogP contribution in [0.5, 0.6) is 0 Å². The zero-order valence-corrected chi connectivity index (χ0v) is 14.7. The van der Waals surface area contributed by atoms with E-state index in [1.807, 2.05) is 35.2 Å². The van der Waals surface area contributed by atoms with E-state index in [2.05, 4.69) is 4.98 Å². The molecular weight excluding hydrogens is 338 g/mol. The summed E-state index contributed by atoms with van der Waals surface area (Å²) in [6.45, 7) is 1.21. The molecule has 1 aromatic carbocycles. The van der Waals surface area contributed by atoms with Crippen molar-refractivity contribution in [1.82, 2.24) is 9.88 Å². The summed E-state index contributed by atoms with van der Waals surface area (Å²) in [5.74, 6) is 1.36. The molecule has 0 radical (unpaired) electrons. The molecule has 2 heterocycles. The van der Waals surface area contributed by atoms with E-state index >= 15 is 0 Å². The van der Waals surface area contributed by atoms with Crippen LogP contribution in [0.1, 0.15) is 18.5 Å². The molecule has 0 aliphatic carbocycles. The zero-order chi connectivity index (χ0) is 17.6. The summed E-state index contributed by atoms with van der Waals surface area (Å²) in [5.41, 5.74) is 7.08. The van der Waals surface area contributed by atoms with Crippen molar-refractivity contribution in [3.8, 4) is 11.5 Å². The highest BCUT2D eigenvalue weighted by molar-refractivity contribution is 7.99. The van der Waals surface area contributed by atoms with Crippen LogP contribution < -0.4 is 5.73 Å². The third-order valence-electron chi connectivity index (χ3n) is 4.30. The van der Waals surface area contributed by atoms with Crippen molar-refractivity contribution >= 4 is 23.6 Å². The summed E-state index contributed by atoms with van der Waals surface area (Å²) >= 11 is 1.52. The lowest BCUT2D eigenvalue weighted by atomic mass is 9.96. The fourth-order valence-corrected chi connectivity index (χ4v) is 3.64. The average molecular weight is 359 g/mol. The predicted molar refractivity (Wildman–Crippen MR) is 96.6 cm³/mol. The van der Waals surface area contributed by atoms with Gasteiger partial charge >= 0.3 is 0 Å². The maximum Gasteiger partial charge on any atom is 0.232 e. The molecule has 2 N–H and O–H groups in total. The van der Waals surface area contributed by atoms with Crippen molar-refractivity contribution in [2.75, 3.05) is 18.8 Å². The number of thioether (sulfide) groups is 1. The molecule has 0 spiro atoms. The van der Waals surface area contributed by atoms with Gasteiger partial charge in [-0.25, -0.2) is 4.98 Å². The van der Waals surface area contributed by atoms with E-state index in [0.29, 0.717) is 43.3 Å². The fraction of sp³-hybridized carbons (Fsp3) is 0.389. The van der Waals surface area contributed by atoms with Crippen molar-refractivity contribution in [1.29, 1.82) is 0 Å². The van der Waals surface area contributed by atoms with Crippen LogP contribution >= 0.6 is 11.8 Å². The second-order valence-electron chi connectivity index (χ2n) is 6.06. The van der Waals surface area contributed by atoms with Gasteiger partial charge in [0.1, 0.15) is 6.26 Å². The van der Waals surface area contributed by atoms with Gasteiger partial charge < -0.3 is 15.1 Å². The summed E-state index contributed by atoms with van der Waals surface area (Å²) in [4.78, 5) is 29.7. The minimum atomic E-state index is -0.262.